The third-order valence-electron chi connectivity index (χ3n) is 2.71. The molecular weight excluding hydrogens is 341 g/mol. The largest absolute Gasteiger partial charge is 0.207 e. The molecule has 0 aromatic heterocycles. The summed E-state index contributed by atoms with van der Waals surface area (Å²) in [6.45, 7) is 0. The molecule has 0 bridgehead atoms. The molecule has 0 saturated carbocycles. The SMILES string of the molecule is Fc1ccc(CC(Br)c2cc(F)c(Cl)cc2F)cc1. The van der Waals surface area contributed by atoms with E-state index in [1.54, 1.807) is 12.1 Å². The highest BCUT2D eigenvalue weighted by atomic mass is 79.9. The topological polar surface area (TPSA) is 0 Å². The van der Waals surface area contributed by atoms with Gasteiger partial charge in [0.25, 0.3) is 0 Å². The van der Waals surface area contributed by atoms with Gasteiger partial charge in [-0.2, -0.15) is 0 Å². The molecule has 0 nitrogen and oxygen atoms in total. The Hall–Kier alpha value is -1.00. The summed E-state index contributed by atoms with van der Waals surface area (Å²) in [5, 5.41) is -0.247. The van der Waals surface area contributed by atoms with E-state index >= 15 is 0 Å². The number of alkyl halides is 1. The highest BCUT2D eigenvalue weighted by Gasteiger charge is 2.16. The molecule has 19 heavy (non-hydrogen) atoms. The molecule has 2 aromatic rings. The van der Waals surface area contributed by atoms with Crippen LogP contribution in [0.4, 0.5) is 13.2 Å². The van der Waals surface area contributed by atoms with Crippen LogP contribution in [0.3, 0.4) is 0 Å². The monoisotopic (exact) mass is 348 g/mol. The zero-order chi connectivity index (χ0) is 14.0. The van der Waals surface area contributed by atoms with Gasteiger partial charge in [-0.05, 0) is 36.2 Å². The Kier molecular flexibility index (Phi) is 4.53. The molecule has 0 aliphatic heterocycles. The van der Waals surface area contributed by atoms with Crippen molar-refractivity contribution in [2.45, 2.75) is 11.2 Å². The van der Waals surface area contributed by atoms with Crippen LogP contribution in [0.15, 0.2) is 36.4 Å². The molecule has 0 saturated heterocycles. The van der Waals surface area contributed by atoms with E-state index < -0.39 is 16.5 Å². The van der Waals surface area contributed by atoms with Crippen molar-refractivity contribution >= 4 is 27.5 Å². The molecule has 0 spiro atoms. The lowest BCUT2D eigenvalue weighted by molar-refractivity contribution is 0.584. The summed E-state index contributed by atoms with van der Waals surface area (Å²) in [5.41, 5.74) is 1.00. The van der Waals surface area contributed by atoms with Crippen LogP contribution in [0.2, 0.25) is 5.02 Å². The average molecular weight is 350 g/mol. The van der Waals surface area contributed by atoms with Crippen LogP contribution < -0.4 is 0 Å². The number of benzene rings is 2. The Morgan fingerprint density at radius 2 is 1.63 bits per heavy atom. The lowest BCUT2D eigenvalue weighted by atomic mass is 10.0. The first-order valence-electron chi connectivity index (χ1n) is 5.50. The highest BCUT2D eigenvalue weighted by Crippen LogP contribution is 2.31. The number of hydrogen-bond acceptors (Lipinski definition) is 0. The van der Waals surface area contributed by atoms with Crippen molar-refractivity contribution in [1.29, 1.82) is 0 Å². The third kappa shape index (κ3) is 3.51. The van der Waals surface area contributed by atoms with E-state index in [9.17, 15) is 13.2 Å². The molecule has 0 N–H and O–H groups in total. The Balaban J connectivity index is 2.22. The summed E-state index contributed by atoms with van der Waals surface area (Å²) in [6.07, 6.45) is 0.415. The molecule has 1 atom stereocenters. The van der Waals surface area contributed by atoms with Gasteiger partial charge in [0.05, 0.1) is 5.02 Å². The third-order valence-corrected chi connectivity index (χ3v) is 3.81. The van der Waals surface area contributed by atoms with Gasteiger partial charge in [0.1, 0.15) is 17.5 Å². The van der Waals surface area contributed by atoms with E-state index in [1.165, 1.54) is 12.1 Å². The summed E-state index contributed by atoms with van der Waals surface area (Å²) >= 11 is 8.80. The molecule has 100 valence electrons. The number of hydrogen-bond donors (Lipinski definition) is 0. The first kappa shape index (κ1) is 14.4. The molecule has 0 radical (unpaired) electrons. The lowest BCUT2D eigenvalue weighted by Gasteiger charge is -2.12. The van der Waals surface area contributed by atoms with Crippen molar-refractivity contribution in [1.82, 2.24) is 0 Å². The Bertz CT molecular complexity index is 584. The smallest absolute Gasteiger partial charge is 0.142 e. The summed E-state index contributed by atoms with van der Waals surface area (Å²) in [4.78, 5) is -0.412. The first-order chi connectivity index (χ1) is 8.97. The normalized spacial score (nSPS) is 12.5. The fourth-order valence-corrected chi connectivity index (χ4v) is 2.59. The van der Waals surface area contributed by atoms with Crippen LogP contribution in [0, 0.1) is 17.5 Å². The molecule has 0 fully saturated rings. The second-order valence-electron chi connectivity index (χ2n) is 4.09. The molecule has 0 heterocycles. The van der Waals surface area contributed by atoms with Crippen LogP contribution >= 0.6 is 27.5 Å². The van der Waals surface area contributed by atoms with Gasteiger partial charge < -0.3 is 0 Å². The van der Waals surface area contributed by atoms with Crippen LogP contribution in [-0.2, 0) is 6.42 Å². The molecule has 0 aliphatic carbocycles. The summed E-state index contributed by atoms with van der Waals surface area (Å²) in [5.74, 6) is -1.57. The van der Waals surface area contributed by atoms with Gasteiger partial charge in [-0.25, -0.2) is 13.2 Å². The first-order valence-corrected chi connectivity index (χ1v) is 6.79. The predicted octanol–water partition coefficient (Wildman–Crippen LogP) is 5.44. The van der Waals surface area contributed by atoms with Crippen LogP contribution in [0.5, 0.6) is 0 Å². The molecule has 5 heteroatoms. The van der Waals surface area contributed by atoms with Gasteiger partial charge in [-0.1, -0.05) is 39.7 Å². The zero-order valence-corrected chi connectivity index (χ0v) is 12.0. The van der Waals surface area contributed by atoms with Crippen molar-refractivity contribution in [2.75, 3.05) is 0 Å². The molecule has 2 rings (SSSR count). The van der Waals surface area contributed by atoms with E-state index in [2.05, 4.69) is 15.9 Å². The summed E-state index contributed by atoms with van der Waals surface area (Å²) in [7, 11) is 0. The Morgan fingerprint density at radius 1 is 1.00 bits per heavy atom. The Labute approximate surface area is 122 Å². The van der Waals surface area contributed by atoms with Gasteiger partial charge in [-0.15, -0.1) is 0 Å². The highest BCUT2D eigenvalue weighted by molar-refractivity contribution is 9.09. The van der Waals surface area contributed by atoms with Crippen LogP contribution in [-0.4, -0.2) is 0 Å². The Morgan fingerprint density at radius 3 is 2.26 bits per heavy atom. The maximum atomic E-state index is 13.7. The predicted molar refractivity (Wildman–Crippen MR) is 73.1 cm³/mol. The number of halogens is 5. The molecule has 0 aliphatic rings. The van der Waals surface area contributed by atoms with Crippen molar-refractivity contribution < 1.29 is 13.2 Å². The standard InChI is InChI=1S/C14H9BrClF3/c15-11(5-8-1-3-9(17)4-2-8)10-6-14(19)12(16)7-13(10)18/h1-4,6-7,11H,5H2. The van der Waals surface area contributed by atoms with Crippen molar-refractivity contribution in [3.8, 4) is 0 Å². The zero-order valence-electron chi connectivity index (χ0n) is 9.64. The van der Waals surface area contributed by atoms with Crippen LogP contribution in [0.1, 0.15) is 16.0 Å². The minimum atomic E-state index is -0.665. The van der Waals surface area contributed by atoms with Crippen LogP contribution in [0.25, 0.3) is 0 Å². The second kappa shape index (κ2) is 5.97. The van der Waals surface area contributed by atoms with E-state index in [-0.39, 0.29) is 16.4 Å². The minimum Gasteiger partial charge on any atom is -0.207 e. The van der Waals surface area contributed by atoms with E-state index in [0.29, 0.717) is 6.42 Å². The fourth-order valence-electron chi connectivity index (χ4n) is 1.72. The summed E-state index contributed by atoms with van der Waals surface area (Å²) < 4.78 is 39.8. The molecular formula is C14H9BrClF3. The molecule has 2 aromatic carbocycles. The van der Waals surface area contributed by atoms with Crippen molar-refractivity contribution in [2.24, 2.45) is 0 Å². The maximum absolute atomic E-state index is 13.7. The van der Waals surface area contributed by atoms with Gasteiger partial charge >= 0.3 is 0 Å². The van der Waals surface area contributed by atoms with Crippen molar-refractivity contribution in [3.05, 3.63) is 70.0 Å². The van der Waals surface area contributed by atoms with E-state index in [1.807, 2.05) is 0 Å². The van der Waals surface area contributed by atoms with Crippen molar-refractivity contribution in [3.63, 3.8) is 0 Å². The lowest BCUT2D eigenvalue weighted by Crippen LogP contribution is -2.00. The van der Waals surface area contributed by atoms with E-state index in [0.717, 1.165) is 17.7 Å². The van der Waals surface area contributed by atoms with Gasteiger partial charge in [0.2, 0.25) is 0 Å². The molecule has 1 unspecified atom stereocenters. The van der Waals surface area contributed by atoms with Gasteiger partial charge in [0, 0.05) is 10.4 Å². The summed E-state index contributed by atoms with van der Waals surface area (Å²) in [6, 6.07) is 7.88. The quantitative estimate of drug-likeness (QED) is 0.511. The maximum Gasteiger partial charge on any atom is 0.142 e. The minimum absolute atomic E-state index is 0.186. The van der Waals surface area contributed by atoms with Gasteiger partial charge in [0.15, 0.2) is 0 Å². The fraction of sp³-hybridized carbons (Fsp3) is 0.143. The number of rotatable bonds is 3. The second-order valence-corrected chi connectivity index (χ2v) is 5.60. The van der Waals surface area contributed by atoms with E-state index in [4.69, 9.17) is 11.6 Å². The van der Waals surface area contributed by atoms with Gasteiger partial charge in [-0.3, -0.25) is 0 Å². The molecule has 0 amide bonds. The average Bonchev–Trinajstić information content (AvgIpc) is 2.36.